The zero-order valence-corrected chi connectivity index (χ0v) is 15.1. The second kappa shape index (κ2) is 8.60. The lowest BCUT2D eigenvalue weighted by atomic mass is 10.2. The third-order valence-corrected chi connectivity index (χ3v) is 5.75. The fraction of sp³-hybridized carbons (Fsp3) is 0.588. The molecule has 6 nitrogen and oxygen atoms in total. The van der Waals surface area contributed by atoms with Crippen LogP contribution in [0.25, 0.3) is 0 Å². The normalized spacial score (nSPS) is 16.9. The van der Waals surface area contributed by atoms with Crippen LogP contribution >= 0.6 is 0 Å². The topological polar surface area (TPSA) is 75.7 Å². The van der Waals surface area contributed by atoms with E-state index in [4.69, 9.17) is 4.74 Å². The zero-order valence-electron chi connectivity index (χ0n) is 14.3. The summed E-state index contributed by atoms with van der Waals surface area (Å²) in [6.45, 7) is 6.56. The number of ether oxygens (including phenoxy) is 1. The molecule has 1 aromatic carbocycles. The van der Waals surface area contributed by atoms with Crippen molar-refractivity contribution in [3.8, 4) is 0 Å². The highest BCUT2D eigenvalue weighted by Crippen LogP contribution is 2.15. The Labute approximate surface area is 144 Å². The Hall–Kier alpha value is -1.44. The molecule has 1 aromatic rings. The van der Waals surface area contributed by atoms with Crippen molar-refractivity contribution in [1.82, 2.24) is 9.62 Å². The second-order valence-corrected chi connectivity index (χ2v) is 7.67. The molecule has 134 valence electrons. The number of hydrogen-bond acceptors (Lipinski definition) is 5. The second-order valence-electron chi connectivity index (χ2n) is 5.90. The molecule has 0 aliphatic carbocycles. The van der Waals surface area contributed by atoms with Gasteiger partial charge in [-0.05, 0) is 63.5 Å². The summed E-state index contributed by atoms with van der Waals surface area (Å²) in [5.74, 6) is -0.450. The molecule has 0 amide bonds. The summed E-state index contributed by atoms with van der Waals surface area (Å²) >= 11 is 0. The van der Waals surface area contributed by atoms with Crippen molar-refractivity contribution in [3.05, 3.63) is 29.8 Å². The van der Waals surface area contributed by atoms with E-state index < -0.39 is 16.0 Å². The van der Waals surface area contributed by atoms with Gasteiger partial charge in [0.25, 0.3) is 0 Å². The van der Waals surface area contributed by atoms with Crippen LogP contribution in [0.15, 0.2) is 29.2 Å². The SMILES string of the molecule is CCOC(=O)c1ccc(S(=O)(=O)NC[C@H](CC)N2CCCC2)cc1. The lowest BCUT2D eigenvalue weighted by Crippen LogP contribution is -2.42. The largest absolute Gasteiger partial charge is 0.462 e. The molecule has 0 aromatic heterocycles. The van der Waals surface area contributed by atoms with Crippen molar-refractivity contribution in [1.29, 1.82) is 0 Å². The number of sulfonamides is 1. The molecular weight excluding hydrogens is 328 g/mol. The summed E-state index contributed by atoms with van der Waals surface area (Å²) in [7, 11) is -3.58. The van der Waals surface area contributed by atoms with E-state index in [1.54, 1.807) is 6.92 Å². The van der Waals surface area contributed by atoms with E-state index in [0.717, 1.165) is 19.5 Å². The molecule has 24 heavy (non-hydrogen) atoms. The number of benzene rings is 1. The maximum Gasteiger partial charge on any atom is 0.338 e. The standard InChI is InChI=1S/C17H26N2O4S/c1-3-15(19-11-5-6-12-19)13-18-24(21,22)16-9-7-14(8-10-16)17(20)23-4-2/h7-10,15,18H,3-6,11-13H2,1-2H3/t15-/m0/s1. The molecule has 1 heterocycles. The Morgan fingerprint density at radius 1 is 1.21 bits per heavy atom. The average molecular weight is 354 g/mol. The van der Waals surface area contributed by atoms with E-state index >= 15 is 0 Å². The van der Waals surface area contributed by atoms with Gasteiger partial charge in [-0.25, -0.2) is 17.9 Å². The van der Waals surface area contributed by atoms with Crippen LogP contribution in [-0.4, -0.2) is 51.6 Å². The van der Waals surface area contributed by atoms with Gasteiger partial charge in [0, 0.05) is 12.6 Å². The van der Waals surface area contributed by atoms with Crippen molar-refractivity contribution in [2.45, 2.75) is 44.0 Å². The molecule has 0 spiro atoms. The molecule has 0 bridgehead atoms. The minimum atomic E-state index is -3.58. The Bertz CT molecular complexity index is 637. The van der Waals surface area contributed by atoms with Gasteiger partial charge in [0.2, 0.25) is 10.0 Å². The highest BCUT2D eigenvalue weighted by Gasteiger charge is 2.23. The molecule has 7 heteroatoms. The summed E-state index contributed by atoms with van der Waals surface area (Å²) in [6.07, 6.45) is 3.27. The molecule has 1 fully saturated rings. The Kier molecular flexibility index (Phi) is 6.77. The van der Waals surface area contributed by atoms with E-state index in [2.05, 4.69) is 16.5 Å². The van der Waals surface area contributed by atoms with E-state index in [-0.39, 0.29) is 17.5 Å². The summed E-state index contributed by atoms with van der Waals surface area (Å²) < 4.78 is 32.4. The first kappa shape index (κ1) is 18.9. The smallest absolute Gasteiger partial charge is 0.338 e. The zero-order chi connectivity index (χ0) is 17.6. The predicted octanol–water partition coefficient (Wildman–Crippen LogP) is 2.02. The highest BCUT2D eigenvalue weighted by molar-refractivity contribution is 7.89. The van der Waals surface area contributed by atoms with E-state index in [0.29, 0.717) is 12.1 Å². The summed E-state index contributed by atoms with van der Waals surface area (Å²) in [5.41, 5.74) is 0.347. The molecule has 1 N–H and O–H groups in total. The molecule has 1 atom stereocenters. The number of nitrogens with one attached hydrogen (secondary N) is 1. The lowest BCUT2D eigenvalue weighted by molar-refractivity contribution is 0.0526. The maximum atomic E-state index is 12.4. The van der Waals surface area contributed by atoms with E-state index in [9.17, 15) is 13.2 Å². The van der Waals surface area contributed by atoms with Crippen molar-refractivity contribution in [3.63, 3.8) is 0 Å². The number of carbonyl (C=O) groups is 1. The first-order chi connectivity index (χ1) is 11.5. The highest BCUT2D eigenvalue weighted by atomic mass is 32.2. The van der Waals surface area contributed by atoms with Gasteiger partial charge in [0.15, 0.2) is 0 Å². The molecule has 1 aliphatic heterocycles. The number of rotatable bonds is 8. The first-order valence-corrected chi connectivity index (χ1v) is 9.97. The molecule has 1 aliphatic rings. The van der Waals surface area contributed by atoms with Crippen LogP contribution in [-0.2, 0) is 14.8 Å². The number of likely N-dealkylation sites (tertiary alicyclic amines) is 1. The quantitative estimate of drug-likeness (QED) is 0.723. The third kappa shape index (κ3) is 4.78. The minimum absolute atomic E-state index is 0.159. The molecule has 1 saturated heterocycles. The molecule has 2 rings (SSSR count). The summed E-state index contributed by atoms with van der Waals surface area (Å²) in [4.78, 5) is 14.1. The van der Waals surface area contributed by atoms with Crippen molar-refractivity contribution < 1.29 is 17.9 Å². The van der Waals surface area contributed by atoms with Crippen LogP contribution in [0.5, 0.6) is 0 Å². The minimum Gasteiger partial charge on any atom is -0.462 e. The maximum absolute atomic E-state index is 12.4. The fourth-order valence-corrected chi connectivity index (χ4v) is 3.99. The Morgan fingerprint density at radius 3 is 2.38 bits per heavy atom. The van der Waals surface area contributed by atoms with Gasteiger partial charge in [0.05, 0.1) is 17.1 Å². The fourth-order valence-electron chi connectivity index (χ4n) is 2.91. The third-order valence-electron chi connectivity index (χ3n) is 4.31. The average Bonchev–Trinajstić information content (AvgIpc) is 3.10. The Morgan fingerprint density at radius 2 is 1.83 bits per heavy atom. The summed E-state index contributed by atoms with van der Waals surface area (Å²) in [6, 6.07) is 6.05. The molecule has 0 unspecified atom stereocenters. The number of esters is 1. The Balaban J connectivity index is 2.00. The van der Waals surface area contributed by atoms with Crippen LogP contribution in [0.3, 0.4) is 0 Å². The number of carbonyl (C=O) groups excluding carboxylic acids is 1. The monoisotopic (exact) mass is 354 g/mol. The van der Waals surface area contributed by atoms with Gasteiger partial charge >= 0.3 is 5.97 Å². The van der Waals surface area contributed by atoms with Gasteiger partial charge in [-0.1, -0.05) is 6.92 Å². The molecule has 0 saturated carbocycles. The summed E-state index contributed by atoms with van der Waals surface area (Å²) in [5, 5.41) is 0. The van der Waals surface area contributed by atoms with E-state index in [1.165, 1.54) is 37.1 Å². The number of nitrogens with zero attached hydrogens (tertiary/aromatic N) is 1. The van der Waals surface area contributed by atoms with E-state index in [1.807, 2.05) is 0 Å². The van der Waals surface area contributed by atoms with Crippen LogP contribution in [0.1, 0.15) is 43.5 Å². The van der Waals surface area contributed by atoms with Gasteiger partial charge in [-0.3, -0.25) is 4.90 Å². The predicted molar refractivity (Wildman–Crippen MR) is 92.5 cm³/mol. The van der Waals surface area contributed by atoms with Crippen LogP contribution < -0.4 is 4.72 Å². The first-order valence-electron chi connectivity index (χ1n) is 8.48. The van der Waals surface area contributed by atoms with Crippen LogP contribution in [0.4, 0.5) is 0 Å². The molecule has 0 radical (unpaired) electrons. The molecular formula is C17H26N2O4S. The lowest BCUT2D eigenvalue weighted by Gasteiger charge is -2.26. The van der Waals surface area contributed by atoms with Gasteiger partial charge < -0.3 is 4.74 Å². The van der Waals surface area contributed by atoms with Crippen LogP contribution in [0.2, 0.25) is 0 Å². The van der Waals surface area contributed by atoms with Crippen LogP contribution in [0, 0.1) is 0 Å². The van der Waals surface area contributed by atoms with Gasteiger partial charge in [-0.2, -0.15) is 0 Å². The van der Waals surface area contributed by atoms with Crippen molar-refractivity contribution >= 4 is 16.0 Å². The van der Waals surface area contributed by atoms with Gasteiger partial charge in [-0.15, -0.1) is 0 Å². The number of hydrogen-bond donors (Lipinski definition) is 1. The van der Waals surface area contributed by atoms with Gasteiger partial charge in [0.1, 0.15) is 0 Å². The van der Waals surface area contributed by atoms with Crippen molar-refractivity contribution in [2.24, 2.45) is 0 Å². The van der Waals surface area contributed by atoms with Crippen molar-refractivity contribution in [2.75, 3.05) is 26.2 Å².